The molecule has 0 bridgehead atoms. The smallest absolute Gasteiger partial charge is 0.329 e. The number of carbonyl (C=O) groups excluding carboxylic acids is 2. The highest BCUT2D eigenvalue weighted by Gasteiger charge is 2.26. The van der Waals surface area contributed by atoms with Crippen molar-refractivity contribution in [2.75, 3.05) is 13.2 Å². The Morgan fingerprint density at radius 1 is 1.20 bits per heavy atom. The molecule has 0 aromatic rings. The van der Waals surface area contributed by atoms with E-state index in [4.69, 9.17) is 5.11 Å². The Kier molecular flexibility index (Phi) is 6.44. The van der Waals surface area contributed by atoms with E-state index in [-0.39, 0.29) is 6.04 Å². The van der Waals surface area contributed by atoms with Crippen molar-refractivity contribution in [2.24, 2.45) is 11.8 Å². The van der Waals surface area contributed by atoms with Gasteiger partial charge >= 0.3 is 12.0 Å². The number of carboxylic acid groups (broad SMARTS) is 1. The van der Waals surface area contributed by atoms with Gasteiger partial charge in [0.15, 0.2) is 0 Å². The van der Waals surface area contributed by atoms with E-state index < -0.39 is 31.1 Å². The quantitative estimate of drug-likeness (QED) is 0.691. The van der Waals surface area contributed by atoms with Crippen molar-refractivity contribution in [2.45, 2.75) is 39.2 Å². The number of hydrogen-bond acceptors (Lipinski definition) is 4. The largest absolute Gasteiger partial charge is 0.480 e. The predicted molar refractivity (Wildman–Crippen MR) is 71.1 cm³/mol. The fourth-order valence-electron chi connectivity index (χ4n) is 2.48. The SMILES string of the molecule is CC1CCC(NC(=O)NC(=O)COCC(=O)O)C(C)C1. The summed E-state index contributed by atoms with van der Waals surface area (Å²) in [6.45, 7) is 3.26. The molecule has 1 aliphatic rings. The highest BCUT2D eigenvalue weighted by Crippen LogP contribution is 2.28. The fraction of sp³-hybridized carbons (Fsp3) is 0.769. The molecule has 0 aliphatic heterocycles. The molecular weight excluding hydrogens is 264 g/mol. The fourth-order valence-corrected chi connectivity index (χ4v) is 2.48. The Labute approximate surface area is 118 Å². The minimum absolute atomic E-state index is 0.0685. The monoisotopic (exact) mass is 286 g/mol. The van der Waals surface area contributed by atoms with Gasteiger partial charge in [-0.2, -0.15) is 0 Å². The number of nitrogens with one attached hydrogen (secondary N) is 2. The van der Waals surface area contributed by atoms with Gasteiger partial charge in [0.2, 0.25) is 0 Å². The third kappa shape index (κ3) is 6.01. The standard InChI is InChI=1S/C13H22N2O5/c1-8-3-4-10(9(2)5-8)14-13(19)15-11(16)6-20-7-12(17)18/h8-10H,3-7H2,1-2H3,(H,17,18)(H2,14,15,16,19). The molecule has 1 rings (SSSR count). The van der Waals surface area contributed by atoms with E-state index >= 15 is 0 Å². The number of carboxylic acids is 1. The second-order valence-corrected chi connectivity index (χ2v) is 5.41. The van der Waals surface area contributed by atoms with Gasteiger partial charge in [0.05, 0.1) is 0 Å². The maximum absolute atomic E-state index is 11.6. The average molecular weight is 286 g/mol. The minimum Gasteiger partial charge on any atom is -0.480 e. The molecular formula is C13H22N2O5. The maximum atomic E-state index is 11.6. The molecule has 0 heterocycles. The zero-order valence-electron chi connectivity index (χ0n) is 11.8. The molecule has 1 saturated carbocycles. The van der Waals surface area contributed by atoms with Crippen LogP contribution in [-0.2, 0) is 14.3 Å². The summed E-state index contributed by atoms with van der Waals surface area (Å²) in [5.74, 6) is -0.770. The van der Waals surface area contributed by atoms with Gasteiger partial charge in [-0.05, 0) is 31.1 Å². The summed E-state index contributed by atoms with van der Waals surface area (Å²) in [5, 5.41) is 13.2. The van der Waals surface area contributed by atoms with Crippen LogP contribution in [0.25, 0.3) is 0 Å². The average Bonchev–Trinajstić information content (AvgIpc) is 2.32. The molecule has 114 valence electrons. The second kappa shape index (κ2) is 7.84. The number of aliphatic carboxylic acids is 1. The van der Waals surface area contributed by atoms with Gasteiger partial charge in [-0.3, -0.25) is 10.1 Å². The predicted octanol–water partition coefficient (Wildman–Crippen LogP) is 0.738. The number of urea groups is 1. The lowest BCUT2D eigenvalue weighted by Crippen LogP contribution is -2.49. The van der Waals surface area contributed by atoms with Gasteiger partial charge in [0, 0.05) is 6.04 Å². The van der Waals surface area contributed by atoms with Gasteiger partial charge in [0.25, 0.3) is 5.91 Å². The van der Waals surface area contributed by atoms with Crippen LogP contribution in [0.1, 0.15) is 33.1 Å². The van der Waals surface area contributed by atoms with Crippen LogP contribution in [0, 0.1) is 11.8 Å². The summed E-state index contributed by atoms with van der Waals surface area (Å²) >= 11 is 0. The number of hydrogen-bond donors (Lipinski definition) is 3. The number of carbonyl (C=O) groups is 3. The molecule has 7 heteroatoms. The van der Waals surface area contributed by atoms with E-state index in [1.807, 2.05) is 0 Å². The van der Waals surface area contributed by atoms with Crippen LogP contribution in [0.15, 0.2) is 0 Å². The van der Waals surface area contributed by atoms with Crippen LogP contribution in [0.2, 0.25) is 0 Å². The molecule has 3 amide bonds. The van der Waals surface area contributed by atoms with Gasteiger partial charge in [-0.25, -0.2) is 9.59 Å². The van der Waals surface area contributed by atoms with Gasteiger partial charge < -0.3 is 15.2 Å². The van der Waals surface area contributed by atoms with Crippen LogP contribution >= 0.6 is 0 Å². The van der Waals surface area contributed by atoms with Crippen molar-refractivity contribution in [1.29, 1.82) is 0 Å². The first-order valence-electron chi connectivity index (χ1n) is 6.78. The first-order chi connectivity index (χ1) is 9.38. The molecule has 1 fully saturated rings. The summed E-state index contributed by atoms with van der Waals surface area (Å²) in [4.78, 5) is 33.1. The van der Waals surface area contributed by atoms with E-state index in [2.05, 4.69) is 29.2 Å². The number of ether oxygens (including phenoxy) is 1. The summed E-state index contributed by atoms with van der Waals surface area (Å²) in [7, 11) is 0. The Bertz CT molecular complexity index is 372. The van der Waals surface area contributed by atoms with Crippen molar-refractivity contribution >= 4 is 17.9 Å². The molecule has 20 heavy (non-hydrogen) atoms. The van der Waals surface area contributed by atoms with Crippen LogP contribution < -0.4 is 10.6 Å². The zero-order valence-corrected chi connectivity index (χ0v) is 11.8. The topological polar surface area (TPSA) is 105 Å². The lowest BCUT2D eigenvalue weighted by atomic mass is 9.80. The lowest BCUT2D eigenvalue weighted by Gasteiger charge is -2.32. The molecule has 3 N–H and O–H groups in total. The van der Waals surface area contributed by atoms with Crippen molar-refractivity contribution in [3.8, 4) is 0 Å². The molecule has 7 nitrogen and oxygen atoms in total. The molecule has 0 radical (unpaired) electrons. The Hall–Kier alpha value is -1.63. The van der Waals surface area contributed by atoms with Gasteiger partial charge in [-0.15, -0.1) is 0 Å². The molecule has 0 spiro atoms. The summed E-state index contributed by atoms with van der Waals surface area (Å²) in [5.41, 5.74) is 0. The first kappa shape index (κ1) is 16.4. The third-order valence-electron chi connectivity index (χ3n) is 3.46. The maximum Gasteiger partial charge on any atom is 0.329 e. The van der Waals surface area contributed by atoms with E-state index in [1.54, 1.807) is 0 Å². The second-order valence-electron chi connectivity index (χ2n) is 5.41. The number of rotatable bonds is 5. The van der Waals surface area contributed by atoms with Crippen LogP contribution in [0.3, 0.4) is 0 Å². The molecule has 0 saturated heterocycles. The van der Waals surface area contributed by atoms with Gasteiger partial charge in [-0.1, -0.05) is 13.8 Å². The summed E-state index contributed by atoms with van der Waals surface area (Å²) in [6, 6.07) is -0.487. The zero-order chi connectivity index (χ0) is 15.1. The molecule has 3 unspecified atom stereocenters. The van der Waals surface area contributed by atoms with E-state index in [9.17, 15) is 14.4 Å². The van der Waals surface area contributed by atoms with Crippen molar-refractivity contribution < 1.29 is 24.2 Å². The van der Waals surface area contributed by atoms with Crippen LogP contribution in [-0.4, -0.2) is 42.3 Å². The Morgan fingerprint density at radius 3 is 2.50 bits per heavy atom. The van der Waals surface area contributed by atoms with Crippen molar-refractivity contribution in [1.82, 2.24) is 10.6 Å². The van der Waals surface area contributed by atoms with Crippen molar-refractivity contribution in [3.63, 3.8) is 0 Å². The summed E-state index contributed by atoms with van der Waals surface area (Å²) < 4.78 is 4.59. The third-order valence-corrected chi connectivity index (χ3v) is 3.46. The van der Waals surface area contributed by atoms with E-state index in [0.29, 0.717) is 11.8 Å². The number of imide groups is 1. The molecule has 0 aromatic heterocycles. The Balaban J connectivity index is 2.25. The van der Waals surface area contributed by atoms with E-state index in [1.165, 1.54) is 0 Å². The van der Waals surface area contributed by atoms with E-state index in [0.717, 1.165) is 19.3 Å². The molecule has 0 aromatic carbocycles. The van der Waals surface area contributed by atoms with Crippen molar-refractivity contribution in [3.05, 3.63) is 0 Å². The van der Waals surface area contributed by atoms with Gasteiger partial charge in [0.1, 0.15) is 13.2 Å². The highest BCUT2D eigenvalue weighted by atomic mass is 16.5. The number of amides is 3. The molecule has 3 atom stereocenters. The van der Waals surface area contributed by atoms with Crippen LogP contribution in [0.4, 0.5) is 4.79 Å². The molecule has 1 aliphatic carbocycles. The Morgan fingerprint density at radius 2 is 1.90 bits per heavy atom. The minimum atomic E-state index is -1.16. The normalized spacial score (nSPS) is 25.8. The summed E-state index contributed by atoms with van der Waals surface area (Å²) in [6.07, 6.45) is 3.02. The highest BCUT2D eigenvalue weighted by molar-refractivity contribution is 5.95. The van der Waals surface area contributed by atoms with Crippen LogP contribution in [0.5, 0.6) is 0 Å². The first-order valence-corrected chi connectivity index (χ1v) is 6.78. The lowest BCUT2D eigenvalue weighted by molar-refractivity contribution is -0.143.